The van der Waals surface area contributed by atoms with Gasteiger partial charge in [-0.25, -0.2) is 23.1 Å². The van der Waals surface area contributed by atoms with Gasteiger partial charge in [0.05, 0.1) is 24.1 Å². The van der Waals surface area contributed by atoms with E-state index in [9.17, 15) is 18.4 Å². The molecule has 0 radical (unpaired) electrons. The number of imidazole rings is 2. The third-order valence-corrected chi connectivity index (χ3v) is 4.33. The quantitative estimate of drug-likeness (QED) is 0.524. The van der Waals surface area contributed by atoms with Crippen LogP contribution >= 0.6 is 0 Å². The second kappa shape index (κ2) is 8.69. The average Bonchev–Trinajstić information content (AvgIpc) is 3.30. The molecule has 0 aliphatic heterocycles. The zero-order valence-corrected chi connectivity index (χ0v) is 16.4. The number of halogens is 3. The minimum absolute atomic E-state index is 0.0825. The number of fused-ring (bicyclic) bond motifs is 1. The standard InChI is InChI=1S/C19H13F3N6.C2H6/c20-13-4-1-11(2-5-13)17-18(28(10-15(21)22)19(24)26-17)12-3-6-16-25-8-14(7-23)27(16)9-12;1-2/h1-6,8-9,15H,10H2,(H2,24,26);1-2H3. The Kier molecular flexibility index (Phi) is 6.06. The molecule has 0 spiro atoms. The highest BCUT2D eigenvalue weighted by molar-refractivity contribution is 5.81. The third-order valence-electron chi connectivity index (χ3n) is 4.33. The fourth-order valence-electron chi connectivity index (χ4n) is 3.10. The first kappa shape index (κ1) is 20.9. The topological polar surface area (TPSA) is 84.9 Å². The molecule has 0 unspecified atom stereocenters. The number of hydrogen-bond acceptors (Lipinski definition) is 4. The van der Waals surface area contributed by atoms with E-state index in [2.05, 4.69) is 9.97 Å². The summed E-state index contributed by atoms with van der Waals surface area (Å²) in [6.45, 7) is 3.35. The van der Waals surface area contributed by atoms with Gasteiger partial charge in [-0.1, -0.05) is 13.8 Å². The number of aromatic nitrogens is 4. The summed E-state index contributed by atoms with van der Waals surface area (Å²) < 4.78 is 42.4. The fourth-order valence-corrected chi connectivity index (χ4v) is 3.10. The molecule has 0 saturated carbocycles. The molecule has 1 aromatic carbocycles. The molecule has 0 fully saturated rings. The number of nitriles is 1. The lowest BCUT2D eigenvalue weighted by molar-refractivity contribution is 0.128. The lowest BCUT2D eigenvalue weighted by atomic mass is 10.1. The molecule has 154 valence electrons. The Morgan fingerprint density at radius 2 is 1.77 bits per heavy atom. The summed E-state index contributed by atoms with van der Waals surface area (Å²) in [4.78, 5) is 8.37. The van der Waals surface area contributed by atoms with E-state index in [1.54, 1.807) is 22.7 Å². The van der Waals surface area contributed by atoms with E-state index in [4.69, 9.17) is 5.73 Å². The lowest BCUT2D eigenvalue weighted by Crippen LogP contribution is -2.11. The minimum Gasteiger partial charge on any atom is -0.369 e. The van der Waals surface area contributed by atoms with Gasteiger partial charge in [-0.15, -0.1) is 0 Å². The van der Waals surface area contributed by atoms with Gasteiger partial charge in [0.2, 0.25) is 5.95 Å². The van der Waals surface area contributed by atoms with E-state index in [0.717, 1.165) is 0 Å². The summed E-state index contributed by atoms with van der Waals surface area (Å²) in [6, 6.07) is 10.9. The molecule has 4 rings (SSSR count). The van der Waals surface area contributed by atoms with Gasteiger partial charge in [0.15, 0.2) is 0 Å². The number of benzene rings is 1. The molecular weight excluding hydrogens is 393 g/mol. The molecule has 0 bridgehead atoms. The van der Waals surface area contributed by atoms with Crippen LogP contribution in [0.25, 0.3) is 28.2 Å². The minimum atomic E-state index is -2.65. The number of nitrogens with two attached hydrogens (primary N) is 1. The molecule has 9 heteroatoms. The number of hydrogen-bond donors (Lipinski definition) is 1. The monoisotopic (exact) mass is 412 g/mol. The summed E-state index contributed by atoms with van der Waals surface area (Å²) in [5.41, 5.74) is 8.50. The molecule has 2 N–H and O–H groups in total. The zero-order chi connectivity index (χ0) is 21.8. The van der Waals surface area contributed by atoms with Gasteiger partial charge < -0.3 is 10.3 Å². The summed E-state index contributed by atoms with van der Waals surface area (Å²) in [5.74, 6) is -0.510. The summed E-state index contributed by atoms with van der Waals surface area (Å²) in [5, 5.41) is 9.24. The summed E-state index contributed by atoms with van der Waals surface area (Å²) in [7, 11) is 0. The Balaban J connectivity index is 0.00000124. The molecule has 0 amide bonds. The Morgan fingerprint density at radius 1 is 1.10 bits per heavy atom. The van der Waals surface area contributed by atoms with Gasteiger partial charge >= 0.3 is 0 Å². The molecule has 6 nitrogen and oxygen atoms in total. The first-order valence-corrected chi connectivity index (χ1v) is 9.25. The fraction of sp³-hybridized carbons (Fsp3) is 0.190. The lowest BCUT2D eigenvalue weighted by Gasteiger charge is -2.12. The predicted octanol–water partition coefficient (Wildman–Crippen LogP) is 4.75. The van der Waals surface area contributed by atoms with Crippen LogP contribution in [0.1, 0.15) is 19.5 Å². The van der Waals surface area contributed by atoms with Gasteiger partial charge in [-0.3, -0.25) is 4.40 Å². The van der Waals surface area contributed by atoms with E-state index >= 15 is 0 Å². The second-order valence-corrected chi connectivity index (χ2v) is 6.08. The molecule has 0 atom stereocenters. The first-order chi connectivity index (χ1) is 14.5. The van der Waals surface area contributed by atoms with Crippen molar-refractivity contribution in [3.8, 4) is 28.6 Å². The summed E-state index contributed by atoms with van der Waals surface area (Å²) >= 11 is 0. The van der Waals surface area contributed by atoms with Crippen LogP contribution in [0.15, 0.2) is 48.8 Å². The smallest absolute Gasteiger partial charge is 0.256 e. The molecule has 4 aromatic rings. The molecule has 0 saturated heterocycles. The maximum atomic E-state index is 13.3. The van der Waals surface area contributed by atoms with Crippen LogP contribution in [0.5, 0.6) is 0 Å². The number of alkyl halides is 2. The molecule has 3 heterocycles. The van der Waals surface area contributed by atoms with E-state index in [0.29, 0.717) is 33.9 Å². The second-order valence-electron chi connectivity index (χ2n) is 6.08. The highest BCUT2D eigenvalue weighted by atomic mass is 19.3. The van der Waals surface area contributed by atoms with Crippen molar-refractivity contribution in [2.24, 2.45) is 0 Å². The Labute approximate surface area is 171 Å². The Morgan fingerprint density at radius 3 is 2.40 bits per heavy atom. The maximum absolute atomic E-state index is 13.3. The van der Waals surface area contributed by atoms with Crippen molar-refractivity contribution < 1.29 is 13.2 Å². The van der Waals surface area contributed by atoms with Gasteiger partial charge in [-0.2, -0.15) is 5.26 Å². The van der Waals surface area contributed by atoms with Crippen LogP contribution in [0, 0.1) is 17.1 Å². The number of nitrogen functional groups attached to an aromatic ring is 1. The third kappa shape index (κ3) is 3.85. The molecule has 30 heavy (non-hydrogen) atoms. The van der Waals surface area contributed by atoms with Crippen molar-refractivity contribution >= 4 is 11.6 Å². The van der Waals surface area contributed by atoms with Crippen molar-refractivity contribution in [1.82, 2.24) is 18.9 Å². The number of nitrogens with zero attached hydrogens (tertiary/aromatic N) is 5. The molecule has 0 aliphatic carbocycles. The van der Waals surface area contributed by atoms with Crippen molar-refractivity contribution in [1.29, 1.82) is 5.26 Å². The van der Waals surface area contributed by atoms with Crippen LogP contribution in [-0.2, 0) is 6.54 Å². The van der Waals surface area contributed by atoms with Crippen LogP contribution in [0.3, 0.4) is 0 Å². The SMILES string of the molecule is CC.N#Cc1cnc2ccc(-c3c(-c4ccc(F)cc4)nc(N)n3CC(F)F)cn12. The summed E-state index contributed by atoms with van der Waals surface area (Å²) in [6.07, 6.45) is 0.389. The number of rotatable bonds is 4. The van der Waals surface area contributed by atoms with Crippen molar-refractivity contribution in [2.45, 2.75) is 26.8 Å². The largest absolute Gasteiger partial charge is 0.369 e. The Bertz CT molecular complexity index is 1200. The van der Waals surface area contributed by atoms with Crippen LogP contribution < -0.4 is 5.73 Å². The maximum Gasteiger partial charge on any atom is 0.256 e. The van der Waals surface area contributed by atoms with E-state index < -0.39 is 18.8 Å². The number of pyridine rings is 1. The Hall–Kier alpha value is -3.80. The molecule has 0 aliphatic rings. The van der Waals surface area contributed by atoms with Crippen LogP contribution in [0.4, 0.5) is 19.1 Å². The van der Waals surface area contributed by atoms with Crippen LogP contribution in [-0.4, -0.2) is 25.4 Å². The van der Waals surface area contributed by atoms with Gasteiger partial charge in [-0.05, 0) is 36.4 Å². The molecular formula is C21H19F3N6. The number of anilines is 1. The molecule has 3 aromatic heterocycles. The van der Waals surface area contributed by atoms with Gasteiger partial charge in [0, 0.05) is 17.3 Å². The first-order valence-electron chi connectivity index (χ1n) is 9.25. The van der Waals surface area contributed by atoms with Crippen molar-refractivity contribution in [3.05, 3.63) is 60.3 Å². The van der Waals surface area contributed by atoms with E-state index in [1.807, 2.05) is 19.9 Å². The zero-order valence-electron chi connectivity index (χ0n) is 16.4. The predicted molar refractivity (Wildman–Crippen MR) is 108 cm³/mol. The van der Waals surface area contributed by atoms with Gasteiger partial charge in [0.1, 0.15) is 23.2 Å². The van der Waals surface area contributed by atoms with E-state index in [1.165, 1.54) is 35.0 Å². The van der Waals surface area contributed by atoms with Crippen molar-refractivity contribution in [2.75, 3.05) is 5.73 Å². The van der Waals surface area contributed by atoms with Crippen LogP contribution in [0.2, 0.25) is 0 Å². The highest BCUT2D eigenvalue weighted by Gasteiger charge is 2.21. The normalized spacial score (nSPS) is 10.7. The highest BCUT2D eigenvalue weighted by Crippen LogP contribution is 2.34. The average molecular weight is 412 g/mol. The van der Waals surface area contributed by atoms with Crippen molar-refractivity contribution in [3.63, 3.8) is 0 Å². The van der Waals surface area contributed by atoms with E-state index in [-0.39, 0.29) is 5.95 Å². The van der Waals surface area contributed by atoms with Gasteiger partial charge in [0.25, 0.3) is 6.43 Å².